The first-order chi connectivity index (χ1) is 17.4. The molecule has 3 amide bonds. The molecule has 0 spiro atoms. The Bertz CT molecular complexity index is 1310. The van der Waals surface area contributed by atoms with Crippen LogP contribution in [0, 0.1) is 0 Å². The van der Waals surface area contributed by atoms with Crippen LogP contribution in [-0.4, -0.2) is 41.2 Å². The van der Waals surface area contributed by atoms with E-state index >= 15 is 0 Å². The molecular formula is C29H30BrN3O3. The SMILES string of the molecule is C[C@@H](C(=O)NC1CCCCC1)N(Cc1cccc(Br)c1)C(=O)CN1C(=O)c2cccc3cccc1c23. The molecule has 36 heavy (non-hydrogen) atoms. The number of amides is 3. The lowest BCUT2D eigenvalue weighted by atomic mass is 9.95. The van der Waals surface area contributed by atoms with Gasteiger partial charge >= 0.3 is 0 Å². The Morgan fingerprint density at radius 3 is 2.53 bits per heavy atom. The van der Waals surface area contributed by atoms with Crippen molar-refractivity contribution in [1.82, 2.24) is 10.2 Å². The fraction of sp³-hybridized carbons (Fsp3) is 0.345. The predicted octanol–water partition coefficient (Wildman–Crippen LogP) is 5.43. The lowest BCUT2D eigenvalue weighted by Gasteiger charge is -2.32. The zero-order valence-electron chi connectivity index (χ0n) is 20.4. The Balaban J connectivity index is 1.40. The van der Waals surface area contributed by atoms with Crippen molar-refractivity contribution in [3.8, 4) is 0 Å². The maximum absolute atomic E-state index is 13.8. The first-order valence-electron chi connectivity index (χ1n) is 12.6. The molecule has 1 saturated carbocycles. The van der Waals surface area contributed by atoms with E-state index in [-0.39, 0.29) is 36.9 Å². The molecule has 2 aliphatic rings. The van der Waals surface area contributed by atoms with Crippen molar-refractivity contribution in [3.63, 3.8) is 0 Å². The summed E-state index contributed by atoms with van der Waals surface area (Å²) in [5.74, 6) is -0.598. The summed E-state index contributed by atoms with van der Waals surface area (Å²) in [5.41, 5.74) is 2.26. The fourth-order valence-corrected chi connectivity index (χ4v) is 5.79. The van der Waals surface area contributed by atoms with E-state index in [0.717, 1.165) is 52.2 Å². The molecule has 0 aromatic heterocycles. The van der Waals surface area contributed by atoms with Gasteiger partial charge in [0.2, 0.25) is 11.8 Å². The van der Waals surface area contributed by atoms with Crippen LogP contribution in [0.1, 0.15) is 54.9 Å². The van der Waals surface area contributed by atoms with Crippen LogP contribution in [0.2, 0.25) is 0 Å². The van der Waals surface area contributed by atoms with E-state index in [4.69, 9.17) is 0 Å². The van der Waals surface area contributed by atoms with Crippen molar-refractivity contribution in [2.45, 2.75) is 57.7 Å². The number of halogens is 1. The molecule has 1 N–H and O–H groups in total. The van der Waals surface area contributed by atoms with Crippen molar-refractivity contribution >= 4 is 50.1 Å². The molecule has 7 heteroatoms. The fourth-order valence-electron chi connectivity index (χ4n) is 5.35. The van der Waals surface area contributed by atoms with Gasteiger partial charge in [-0.3, -0.25) is 19.3 Å². The summed E-state index contributed by atoms with van der Waals surface area (Å²) in [6, 6.07) is 18.6. The van der Waals surface area contributed by atoms with E-state index in [1.807, 2.05) is 54.6 Å². The third-order valence-corrected chi connectivity index (χ3v) is 7.80. The summed E-state index contributed by atoms with van der Waals surface area (Å²) in [6.45, 7) is 1.92. The molecule has 1 atom stereocenters. The zero-order valence-corrected chi connectivity index (χ0v) is 22.0. The van der Waals surface area contributed by atoms with E-state index in [0.29, 0.717) is 5.56 Å². The smallest absolute Gasteiger partial charge is 0.259 e. The molecule has 186 valence electrons. The van der Waals surface area contributed by atoms with Crippen LogP contribution in [0.5, 0.6) is 0 Å². The Hall–Kier alpha value is -3.19. The van der Waals surface area contributed by atoms with Gasteiger partial charge in [0.1, 0.15) is 12.6 Å². The summed E-state index contributed by atoms with van der Waals surface area (Å²) in [4.78, 5) is 43.4. The number of nitrogens with one attached hydrogen (secondary N) is 1. The molecule has 0 radical (unpaired) electrons. The van der Waals surface area contributed by atoms with Gasteiger partial charge in [-0.2, -0.15) is 0 Å². The molecule has 1 fully saturated rings. The van der Waals surface area contributed by atoms with Crippen LogP contribution in [0.4, 0.5) is 5.69 Å². The minimum Gasteiger partial charge on any atom is -0.352 e. The highest BCUT2D eigenvalue weighted by Crippen LogP contribution is 2.37. The molecule has 6 nitrogen and oxygen atoms in total. The minimum absolute atomic E-state index is 0.123. The van der Waals surface area contributed by atoms with Crippen molar-refractivity contribution in [2.75, 3.05) is 11.4 Å². The number of rotatable bonds is 7. The normalized spacial score (nSPS) is 16.3. The molecular weight excluding hydrogens is 518 g/mol. The number of anilines is 1. The number of carbonyl (C=O) groups excluding carboxylic acids is 3. The third-order valence-electron chi connectivity index (χ3n) is 7.30. The van der Waals surface area contributed by atoms with Gasteiger partial charge in [0.15, 0.2) is 0 Å². The van der Waals surface area contributed by atoms with Crippen LogP contribution in [0.3, 0.4) is 0 Å². The highest BCUT2D eigenvalue weighted by Gasteiger charge is 2.34. The monoisotopic (exact) mass is 547 g/mol. The highest BCUT2D eigenvalue weighted by atomic mass is 79.9. The topological polar surface area (TPSA) is 69.7 Å². The van der Waals surface area contributed by atoms with Crippen LogP contribution in [-0.2, 0) is 16.1 Å². The summed E-state index contributed by atoms with van der Waals surface area (Å²) in [6.07, 6.45) is 5.38. The molecule has 0 unspecified atom stereocenters. The van der Waals surface area contributed by atoms with Crippen LogP contribution in [0.25, 0.3) is 10.8 Å². The van der Waals surface area contributed by atoms with Crippen molar-refractivity contribution in [3.05, 3.63) is 76.3 Å². The molecule has 0 saturated heterocycles. The molecule has 5 rings (SSSR count). The minimum atomic E-state index is -0.672. The number of nitrogens with zero attached hydrogens (tertiary/aromatic N) is 2. The molecule has 3 aromatic rings. The number of hydrogen-bond acceptors (Lipinski definition) is 3. The summed E-state index contributed by atoms with van der Waals surface area (Å²) in [5, 5.41) is 5.01. The largest absolute Gasteiger partial charge is 0.352 e. The summed E-state index contributed by atoms with van der Waals surface area (Å²) in [7, 11) is 0. The lowest BCUT2D eigenvalue weighted by Crippen LogP contribution is -2.52. The van der Waals surface area contributed by atoms with Gasteiger partial charge in [-0.05, 0) is 55.0 Å². The Morgan fingerprint density at radius 2 is 1.78 bits per heavy atom. The van der Waals surface area contributed by atoms with Gasteiger partial charge < -0.3 is 10.2 Å². The average molecular weight is 548 g/mol. The second kappa shape index (κ2) is 10.4. The van der Waals surface area contributed by atoms with E-state index in [1.54, 1.807) is 22.8 Å². The van der Waals surface area contributed by atoms with Crippen molar-refractivity contribution in [2.24, 2.45) is 0 Å². The molecule has 1 aliphatic carbocycles. The molecule has 0 bridgehead atoms. The Morgan fingerprint density at radius 1 is 1.06 bits per heavy atom. The number of hydrogen-bond donors (Lipinski definition) is 1. The molecule has 3 aromatic carbocycles. The maximum Gasteiger partial charge on any atom is 0.259 e. The van der Waals surface area contributed by atoms with E-state index in [2.05, 4.69) is 21.2 Å². The van der Waals surface area contributed by atoms with E-state index < -0.39 is 6.04 Å². The van der Waals surface area contributed by atoms with Gasteiger partial charge in [0.05, 0.1) is 5.69 Å². The van der Waals surface area contributed by atoms with Gasteiger partial charge in [-0.1, -0.05) is 71.6 Å². The van der Waals surface area contributed by atoms with Crippen LogP contribution in [0.15, 0.2) is 65.1 Å². The average Bonchev–Trinajstić information content (AvgIpc) is 3.15. The Labute approximate surface area is 219 Å². The standard InChI is InChI=1S/C29H30BrN3O3/c1-19(28(35)31-23-12-3-2-4-13-23)32(17-20-8-5-11-22(30)16-20)26(34)18-33-25-15-7-10-21-9-6-14-24(27(21)25)29(33)36/h5-11,14-16,19,23H,2-4,12-13,17-18H2,1H3,(H,31,35)/t19-/m0/s1. The first kappa shape index (κ1) is 24.5. The maximum atomic E-state index is 13.8. The quantitative estimate of drug-likeness (QED) is 0.428. The molecule has 1 heterocycles. The number of benzene rings is 3. The van der Waals surface area contributed by atoms with Gasteiger partial charge in [-0.15, -0.1) is 0 Å². The van der Waals surface area contributed by atoms with Gasteiger partial charge in [0, 0.05) is 28.0 Å². The second-order valence-electron chi connectivity index (χ2n) is 9.74. The van der Waals surface area contributed by atoms with Crippen LogP contribution >= 0.6 is 15.9 Å². The molecule has 1 aliphatic heterocycles. The predicted molar refractivity (Wildman–Crippen MR) is 145 cm³/mol. The zero-order chi connectivity index (χ0) is 25.2. The van der Waals surface area contributed by atoms with Crippen molar-refractivity contribution in [1.29, 1.82) is 0 Å². The lowest BCUT2D eigenvalue weighted by molar-refractivity contribution is -0.139. The van der Waals surface area contributed by atoms with E-state index in [1.165, 1.54) is 6.42 Å². The third kappa shape index (κ3) is 4.89. The summed E-state index contributed by atoms with van der Waals surface area (Å²) >= 11 is 3.50. The number of carbonyl (C=O) groups is 3. The van der Waals surface area contributed by atoms with Crippen LogP contribution < -0.4 is 10.2 Å². The second-order valence-corrected chi connectivity index (χ2v) is 10.7. The summed E-state index contributed by atoms with van der Waals surface area (Å²) < 4.78 is 0.906. The van der Waals surface area contributed by atoms with Gasteiger partial charge in [0.25, 0.3) is 5.91 Å². The highest BCUT2D eigenvalue weighted by molar-refractivity contribution is 9.10. The van der Waals surface area contributed by atoms with Gasteiger partial charge in [-0.25, -0.2) is 0 Å². The first-order valence-corrected chi connectivity index (χ1v) is 13.4. The van der Waals surface area contributed by atoms with E-state index in [9.17, 15) is 14.4 Å². The Kier molecular flexibility index (Phi) is 7.10. The van der Waals surface area contributed by atoms with Crippen molar-refractivity contribution < 1.29 is 14.4 Å².